The quantitative estimate of drug-likeness (QED) is 0.708. The van der Waals surface area contributed by atoms with Crippen molar-refractivity contribution in [2.24, 2.45) is 5.73 Å². The third kappa shape index (κ3) is 4.35. The minimum Gasteiger partial charge on any atom is -0.452 e. The van der Waals surface area contributed by atoms with Crippen LogP contribution in [0, 0.1) is 0 Å². The smallest absolute Gasteiger partial charge is 0.338 e. The van der Waals surface area contributed by atoms with Gasteiger partial charge in [0.15, 0.2) is 6.61 Å². The number of nitrogens with two attached hydrogens (primary N) is 1. The van der Waals surface area contributed by atoms with E-state index in [-0.39, 0.29) is 0 Å². The van der Waals surface area contributed by atoms with E-state index >= 15 is 0 Å². The minimum atomic E-state index is -0.605. The van der Waals surface area contributed by atoms with Gasteiger partial charge >= 0.3 is 5.97 Å². The first-order valence-corrected chi connectivity index (χ1v) is 9.30. The number of rotatable bonds is 7. The van der Waals surface area contributed by atoms with Crippen molar-refractivity contribution in [2.45, 2.75) is 25.9 Å². The molecule has 1 aliphatic rings. The van der Waals surface area contributed by atoms with Crippen LogP contribution in [0.5, 0.6) is 0 Å². The maximum atomic E-state index is 12.2. The first kappa shape index (κ1) is 19.1. The summed E-state index contributed by atoms with van der Waals surface area (Å²) in [6, 6.07) is 6.80. The Labute approximate surface area is 160 Å². The van der Waals surface area contributed by atoms with Crippen LogP contribution in [0.25, 0.3) is 0 Å². The number of thiophene rings is 1. The van der Waals surface area contributed by atoms with Crippen LogP contribution < -0.4 is 11.1 Å². The fourth-order valence-electron chi connectivity index (χ4n) is 3.08. The topological polar surface area (TPSA) is 108 Å². The number of nitrogens with one attached hydrogen (secondary N) is 1. The van der Waals surface area contributed by atoms with Crippen molar-refractivity contribution in [1.82, 2.24) is 0 Å². The third-order valence-electron chi connectivity index (χ3n) is 4.23. The van der Waals surface area contributed by atoms with Crippen LogP contribution in [0.1, 0.15) is 43.1 Å². The average Bonchev–Trinajstić information content (AvgIpc) is 3.20. The fourth-order valence-corrected chi connectivity index (χ4v) is 4.40. The number of amides is 2. The second-order valence-electron chi connectivity index (χ2n) is 6.18. The van der Waals surface area contributed by atoms with Crippen LogP contribution in [0.2, 0.25) is 0 Å². The summed E-state index contributed by atoms with van der Waals surface area (Å²) in [4.78, 5) is 37.1. The number of aryl methyl sites for hydroxylation is 1. The lowest BCUT2D eigenvalue weighted by molar-refractivity contribution is -0.119. The van der Waals surface area contributed by atoms with Gasteiger partial charge in [0.1, 0.15) is 5.00 Å². The number of benzene rings is 1. The van der Waals surface area contributed by atoms with Gasteiger partial charge in [0, 0.05) is 12.0 Å². The van der Waals surface area contributed by atoms with Crippen LogP contribution in [-0.2, 0) is 33.7 Å². The monoisotopic (exact) mass is 388 g/mol. The number of anilines is 1. The molecule has 0 bridgehead atoms. The van der Waals surface area contributed by atoms with Crippen LogP contribution in [-0.4, -0.2) is 31.5 Å². The Kier molecular flexibility index (Phi) is 5.88. The van der Waals surface area contributed by atoms with Gasteiger partial charge in [0.2, 0.25) is 0 Å². The molecule has 0 saturated carbocycles. The number of hydrogen-bond donors (Lipinski definition) is 2. The van der Waals surface area contributed by atoms with E-state index in [0.29, 0.717) is 22.7 Å². The van der Waals surface area contributed by atoms with Crippen molar-refractivity contribution < 1.29 is 23.9 Å². The van der Waals surface area contributed by atoms with E-state index in [4.69, 9.17) is 15.2 Å². The Morgan fingerprint density at radius 2 is 2.07 bits per heavy atom. The Morgan fingerprint density at radius 1 is 1.26 bits per heavy atom. The lowest BCUT2D eigenvalue weighted by Gasteiger charge is -2.08. The molecule has 1 aromatic heterocycles. The predicted octanol–water partition coefficient (Wildman–Crippen LogP) is 2.28. The molecule has 27 heavy (non-hydrogen) atoms. The van der Waals surface area contributed by atoms with Gasteiger partial charge in [-0.3, -0.25) is 9.59 Å². The standard InChI is InChI=1S/C19H20N2O5S/c1-25-9-11-4-2-5-12(8-11)19(24)26-10-15(22)21-18-16(17(20)23)13-6-3-7-14(13)27-18/h2,4-5,8H,3,6-7,9-10H2,1H3,(H2,20,23)(H,21,22). The van der Waals surface area contributed by atoms with Gasteiger partial charge in [-0.25, -0.2) is 4.79 Å². The molecule has 0 unspecified atom stereocenters. The van der Waals surface area contributed by atoms with Gasteiger partial charge in [0.25, 0.3) is 11.8 Å². The van der Waals surface area contributed by atoms with Gasteiger partial charge in [-0.05, 0) is 42.5 Å². The molecule has 0 fully saturated rings. The highest BCUT2D eigenvalue weighted by atomic mass is 32.1. The number of ether oxygens (including phenoxy) is 2. The lowest BCUT2D eigenvalue weighted by Crippen LogP contribution is -2.22. The molecule has 0 atom stereocenters. The predicted molar refractivity (Wildman–Crippen MR) is 101 cm³/mol. The number of carbonyl (C=O) groups is 3. The Hall–Kier alpha value is -2.71. The van der Waals surface area contributed by atoms with Crippen molar-refractivity contribution in [3.63, 3.8) is 0 Å². The molecule has 7 nitrogen and oxygen atoms in total. The number of carbonyl (C=O) groups excluding carboxylic acids is 3. The van der Waals surface area contributed by atoms with Gasteiger partial charge < -0.3 is 20.5 Å². The molecule has 1 aliphatic carbocycles. The molecule has 0 aliphatic heterocycles. The van der Waals surface area contributed by atoms with Gasteiger partial charge in [0.05, 0.1) is 17.7 Å². The molecule has 0 saturated heterocycles. The van der Waals surface area contributed by atoms with Crippen molar-refractivity contribution in [2.75, 3.05) is 19.0 Å². The third-order valence-corrected chi connectivity index (χ3v) is 5.44. The number of fused-ring (bicyclic) bond motifs is 1. The van der Waals surface area contributed by atoms with E-state index in [9.17, 15) is 14.4 Å². The van der Waals surface area contributed by atoms with Crippen LogP contribution >= 0.6 is 11.3 Å². The van der Waals surface area contributed by atoms with Crippen LogP contribution in [0.3, 0.4) is 0 Å². The summed E-state index contributed by atoms with van der Waals surface area (Å²) < 4.78 is 10.1. The molecule has 3 N–H and O–H groups in total. The highest BCUT2D eigenvalue weighted by Crippen LogP contribution is 2.38. The highest BCUT2D eigenvalue weighted by molar-refractivity contribution is 7.17. The van der Waals surface area contributed by atoms with E-state index in [1.807, 2.05) is 6.07 Å². The number of hydrogen-bond acceptors (Lipinski definition) is 6. The first-order chi connectivity index (χ1) is 13.0. The van der Waals surface area contributed by atoms with Gasteiger partial charge in [-0.1, -0.05) is 12.1 Å². The summed E-state index contributed by atoms with van der Waals surface area (Å²) in [5.74, 6) is -1.68. The summed E-state index contributed by atoms with van der Waals surface area (Å²) in [5, 5.41) is 3.07. The molecular weight excluding hydrogens is 368 g/mol. The Bertz CT molecular complexity index is 890. The molecule has 0 spiro atoms. The largest absolute Gasteiger partial charge is 0.452 e. The minimum absolute atomic E-state index is 0.338. The second kappa shape index (κ2) is 8.32. The van der Waals surface area contributed by atoms with Crippen LogP contribution in [0.15, 0.2) is 24.3 Å². The van der Waals surface area contributed by atoms with E-state index in [2.05, 4.69) is 5.32 Å². The van der Waals surface area contributed by atoms with Crippen molar-refractivity contribution in [3.05, 3.63) is 51.4 Å². The van der Waals surface area contributed by atoms with E-state index in [1.54, 1.807) is 25.3 Å². The van der Waals surface area contributed by atoms with Gasteiger partial charge in [-0.15, -0.1) is 11.3 Å². The maximum Gasteiger partial charge on any atom is 0.338 e. The summed E-state index contributed by atoms with van der Waals surface area (Å²) in [6.45, 7) is -0.0747. The zero-order chi connectivity index (χ0) is 19.4. The molecule has 142 valence electrons. The Morgan fingerprint density at radius 3 is 2.81 bits per heavy atom. The molecule has 2 aromatic rings. The van der Waals surface area contributed by atoms with Crippen molar-refractivity contribution in [1.29, 1.82) is 0 Å². The van der Waals surface area contributed by atoms with Crippen molar-refractivity contribution >= 4 is 34.1 Å². The number of methoxy groups -OCH3 is 1. The highest BCUT2D eigenvalue weighted by Gasteiger charge is 2.26. The summed E-state index contributed by atoms with van der Waals surface area (Å²) >= 11 is 1.36. The number of primary amides is 1. The first-order valence-electron chi connectivity index (χ1n) is 8.48. The van der Waals surface area contributed by atoms with Crippen LogP contribution in [0.4, 0.5) is 5.00 Å². The zero-order valence-electron chi connectivity index (χ0n) is 14.9. The maximum absolute atomic E-state index is 12.2. The Balaban J connectivity index is 1.61. The van der Waals surface area contributed by atoms with Gasteiger partial charge in [-0.2, -0.15) is 0 Å². The molecule has 1 aromatic carbocycles. The van der Waals surface area contributed by atoms with E-state index in [1.165, 1.54) is 11.3 Å². The zero-order valence-corrected chi connectivity index (χ0v) is 15.7. The molecule has 1 heterocycles. The average molecular weight is 388 g/mol. The normalized spacial score (nSPS) is 12.5. The summed E-state index contributed by atoms with van der Waals surface area (Å²) in [5.41, 5.74) is 7.93. The molecule has 8 heteroatoms. The molecule has 3 rings (SSSR count). The van der Waals surface area contributed by atoms with E-state index < -0.39 is 24.4 Å². The molecule has 0 radical (unpaired) electrons. The second-order valence-corrected chi connectivity index (χ2v) is 7.29. The van der Waals surface area contributed by atoms with E-state index in [0.717, 1.165) is 35.3 Å². The number of esters is 1. The fraction of sp³-hybridized carbons (Fsp3) is 0.316. The van der Waals surface area contributed by atoms with Crippen molar-refractivity contribution in [3.8, 4) is 0 Å². The SMILES string of the molecule is COCc1cccc(C(=O)OCC(=O)Nc2sc3c(c2C(N)=O)CCC3)c1. The lowest BCUT2D eigenvalue weighted by atomic mass is 10.1. The summed E-state index contributed by atoms with van der Waals surface area (Å²) in [6.07, 6.45) is 2.64. The molecule has 2 amide bonds. The summed E-state index contributed by atoms with van der Waals surface area (Å²) in [7, 11) is 1.57. The molecular formula is C19H20N2O5S.